The molecule has 8 heteroatoms. The smallest absolute Gasteiger partial charge is 0.257 e. The highest BCUT2D eigenvalue weighted by Crippen LogP contribution is 2.33. The van der Waals surface area contributed by atoms with Gasteiger partial charge in [-0.05, 0) is 56.2 Å². The van der Waals surface area contributed by atoms with Crippen molar-refractivity contribution in [1.82, 2.24) is 10.5 Å². The number of aromatic nitrogens is 1. The van der Waals surface area contributed by atoms with Gasteiger partial charge in [0.05, 0.1) is 22.2 Å². The molecule has 1 aliphatic rings. The maximum Gasteiger partial charge on any atom is 0.257 e. The Hall–Kier alpha value is -3.37. The largest absolute Gasteiger partial charge is 0.371 e. The van der Waals surface area contributed by atoms with Crippen LogP contribution in [-0.4, -0.2) is 30.2 Å². The number of carbonyl (C=O) groups excluding carboxylic acids is 1. The van der Waals surface area contributed by atoms with Crippen LogP contribution in [0.25, 0.3) is 11.3 Å². The Kier molecular flexibility index (Phi) is 5.92. The summed E-state index contributed by atoms with van der Waals surface area (Å²) >= 11 is 6.16. The summed E-state index contributed by atoms with van der Waals surface area (Å²) in [4.78, 5) is 15.2. The number of carbonyl (C=O) groups is 1. The van der Waals surface area contributed by atoms with Crippen LogP contribution in [-0.2, 0) is 0 Å². The van der Waals surface area contributed by atoms with Crippen LogP contribution in [0.2, 0.25) is 5.02 Å². The van der Waals surface area contributed by atoms with Crippen molar-refractivity contribution in [3.05, 3.63) is 70.2 Å². The number of benzene rings is 2. The molecule has 6 nitrogen and oxygen atoms in total. The first-order valence-corrected chi connectivity index (χ1v) is 10.3. The predicted molar refractivity (Wildman–Crippen MR) is 116 cm³/mol. The van der Waals surface area contributed by atoms with Gasteiger partial charge in [0.1, 0.15) is 22.8 Å². The minimum atomic E-state index is -0.564. The SMILES string of the molecule is Cc1onc(-c2c(F)cccc2Cl)c1C(=O)NC1CCN(c2ccc(C#N)cc2)CC1. The molecule has 1 aliphatic heterocycles. The van der Waals surface area contributed by atoms with Gasteiger partial charge in [0.15, 0.2) is 0 Å². The molecule has 0 unspecified atom stereocenters. The van der Waals surface area contributed by atoms with Gasteiger partial charge in [0, 0.05) is 24.8 Å². The van der Waals surface area contributed by atoms with E-state index in [-0.39, 0.29) is 33.8 Å². The van der Waals surface area contributed by atoms with Crippen molar-refractivity contribution >= 4 is 23.2 Å². The first-order valence-electron chi connectivity index (χ1n) is 9.94. The van der Waals surface area contributed by atoms with Crippen LogP contribution in [0.1, 0.15) is 34.5 Å². The van der Waals surface area contributed by atoms with Gasteiger partial charge >= 0.3 is 0 Å². The Morgan fingerprint density at radius 3 is 2.61 bits per heavy atom. The molecule has 1 fully saturated rings. The molecule has 3 aromatic rings. The summed E-state index contributed by atoms with van der Waals surface area (Å²) in [5.41, 5.74) is 2.03. The molecular formula is C23H20ClFN4O2. The molecule has 158 valence electrons. The summed E-state index contributed by atoms with van der Waals surface area (Å²) in [5, 5.41) is 16.0. The van der Waals surface area contributed by atoms with Crippen LogP contribution >= 0.6 is 11.6 Å². The number of halogens is 2. The lowest BCUT2D eigenvalue weighted by Crippen LogP contribution is -2.44. The molecule has 1 amide bonds. The first-order chi connectivity index (χ1) is 15.0. The van der Waals surface area contributed by atoms with Gasteiger partial charge in [0.25, 0.3) is 5.91 Å². The van der Waals surface area contributed by atoms with Gasteiger partial charge in [-0.25, -0.2) is 4.39 Å². The lowest BCUT2D eigenvalue weighted by atomic mass is 10.0. The highest BCUT2D eigenvalue weighted by molar-refractivity contribution is 6.33. The molecule has 2 heterocycles. The number of hydrogen-bond acceptors (Lipinski definition) is 5. The third kappa shape index (κ3) is 4.25. The van der Waals surface area contributed by atoms with Gasteiger partial charge in [0.2, 0.25) is 0 Å². The number of hydrogen-bond donors (Lipinski definition) is 1. The van der Waals surface area contributed by atoms with Gasteiger partial charge in [-0.15, -0.1) is 0 Å². The molecule has 0 aliphatic carbocycles. The van der Waals surface area contributed by atoms with E-state index in [1.54, 1.807) is 25.1 Å². The third-order valence-electron chi connectivity index (χ3n) is 5.48. The van der Waals surface area contributed by atoms with E-state index in [1.807, 2.05) is 12.1 Å². The predicted octanol–water partition coefficient (Wildman–Crippen LogP) is 4.71. The van der Waals surface area contributed by atoms with Crippen molar-refractivity contribution in [2.45, 2.75) is 25.8 Å². The highest BCUT2D eigenvalue weighted by atomic mass is 35.5. The third-order valence-corrected chi connectivity index (χ3v) is 5.80. The first kappa shape index (κ1) is 20.9. The average molecular weight is 439 g/mol. The maximum atomic E-state index is 14.4. The second-order valence-electron chi connectivity index (χ2n) is 7.45. The van der Waals surface area contributed by atoms with E-state index < -0.39 is 5.82 Å². The van der Waals surface area contributed by atoms with Crippen molar-refractivity contribution in [2.24, 2.45) is 0 Å². The number of rotatable bonds is 4. The van der Waals surface area contributed by atoms with Crippen molar-refractivity contribution in [2.75, 3.05) is 18.0 Å². The zero-order valence-corrected chi connectivity index (χ0v) is 17.6. The second kappa shape index (κ2) is 8.78. The lowest BCUT2D eigenvalue weighted by molar-refractivity contribution is 0.0930. The summed E-state index contributed by atoms with van der Waals surface area (Å²) < 4.78 is 19.6. The number of piperidine rings is 1. The molecule has 1 saturated heterocycles. The highest BCUT2D eigenvalue weighted by Gasteiger charge is 2.28. The lowest BCUT2D eigenvalue weighted by Gasteiger charge is -2.34. The molecular weight excluding hydrogens is 419 g/mol. The topological polar surface area (TPSA) is 82.2 Å². The minimum absolute atomic E-state index is 0.0274. The molecule has 2 aromatic carbocycles. The van der Waals surface area contributed by atoms with E-state index in [4.69, 9.17) is 21.4 Å². The van der Waals surface area contributed by atoms with Crippen molar-refractivity contribution in [3.8, 4) is 17.3 Å². The van der Waals surface area contributed by atoms with Crippen LogP contribution in [0.15, 0.2) is 47.0 Å². The van der Waals surface area contributed by atoms with Crippen LogP contribution in [0.3, 0.4) is 0 Å². The standard InChI is InChI=1S/C23H20ClFN4O2/c1-14-20(22(28-31-14)21-18(24)3-2-4-19(21)25)23(30)27-16-9-11-29(12-10-16)17-7-5-15(13-26)6-8-17/h2-8,16H,9-12H2,1H3,(H,27,30). The molecule has 31 heavy (non-hydrogen) atoms. The second-order valence-corrected chi connectivity index (χ2v) is 7.86. The molecule has 4 rings (SSSR count). The van der Waals surface area contributed by atoms with Crippen molar-refractivity contribution < 1.29 is 13.7 Å². The number of aryl methyl sites for hydroxylation is 1. The van der Waals surface area contributed by atoms with E-state index in [2.05, 4.69) is 21.4 Å². The number of anilines is 1. The number of nitriles is 1. The quantitative estimate of drug-likeness (QED) is 0.637. The summed E-state index contributed by atoms with van der Waals surface area (Å²) in [6.07, 6.45) is 1.51. The van der Waals surface area contributed by atoms with Crippen LogP contribution < -0.4 is 10.2 Å². The zero-order chi connectivity index (χ0) is 22.0. The van der Waals surface area contributed by atoms with E-state index >= 15 is 0 Å². The Morgan fingerprint density at radius 2 is 1.97 bits per heavy atom. The Morgan fingerprint density at radius 1 is 1.26 bits per heavy atom. The molecule has 0 saturated carbocycles. The van der Waals surface area contributed by atoms with Gasteiger partial charge in [-0.3, -0.25) is 4.79 Å². The average Bonchev–Trinajstić information content (AvgIpc) is 3.15. The summed E-state index contributed by atoms with van der Waals surface area (Å²) in [6.45, 7) is 3.16. The van der Waals surface area contributed by atoms with E-state index in [1.165, 1.54) is 12.1 Å². The molecule has 0 radical (unpaired) electrons. The Bertz CT molecular complexity index is 1130. The molecule has 0 bridgehead atoms. The van der Waals surface area contributed by atoms with E-state index in [0.29, 0.717) is 11.3 Å². The number of amides is 1. The molecule has 0 atom stereocenters. The monoisotopic (exact) mass is 438 g/mol. The Labute approximate surface area is 184 Å². The van der Waals surface area contributed by atoms with Gasteiger partial charge in [-0.1, -0.05) is 22.8 Å². The van der Waals surface area contributed by atoms with E-state index in [0.717, 1.165) is 31.6 Å². The van der Waals surface area contributed by atoms with Crippen LogP contribution in [0.5, 0.6) is 0 Å². The zero-order valence-electron chi connectivity index (χ0n) is 16.9. The summed E-state index contributed by atoms with van der Waals surface area (Å²) in [7, 11) is 0. The molecule has 1 aromatic heterocycles. The fraction of sp³-hybridized carbons (Fsp3) is 0.261. The molecule has 0 spiro atoms. The fourth-order valence-electron chi connectivity index (χ4n) is 3.82. The van der Waals surface area contributed by atoms with Gasteiger partial charge in [-0.2, -0.15) is 5.26 Å². The Balaban J connectivity index is 1.45. The van der Waals surface area contributed by atoms with Crippen LogP contribution in [0, 0.1) is 24.1 Å². The summed E-state index contributed by atoms with van der Waals surface area (Å²) in [5.74, 6) is -0.614. The maximum absolute atomic E-state index is 14.4. The van der Waals surface area contributed by atoms with Crippen molar-refractivity contribution in [1.29, 1.82) is 5.26 Å². The number of nitrogens with zero attached hydrogens (tertiary/aromatic N) is 3. The van der Waals surface area contributed by atoms with E-state index in [9.17, 15) is 9.18 Å². The van der Waals surface area contributed by atoms with Crippen molar-refractivity contribution in [3.63, 3.8) is 0 Å². The number of nitrogens with one attached hydrogen (secondary N) is 1. The summed E-state index contributed by atoms with van der Waals surface area (Å²) in [6, 6.07) is 13.9. The fourth-order valence-corrected chi connectivity index (χ4v) is 4.07. The minimum Gasteiger partial charge on any atom is -0.371 e. The van der Waals surface area contributed by atoms with Gasteiger partial charge < -0.3 is 14.7 Å². The molecule has 1 N–H and O–H groups in total. The van der Waals surface area contributed by atoms with Crippen LogP contribution in [0.4, 0.5) is 10.1 Å². The normalized spacial score (nSPS) is 14.3.